The van der Waals surface area contributed by atoms with Gasteiger partial charge in [-0.05, 0) is 29.7 Å². The molecule has 0 saturated heterocycles. The van der Waals surface area contributed by atoms with Crippen molar-refractivity contribution in [2.45, 2.75) is 17.4 Å². The van der Waals surface area contributed by atoms with Crippen LogP contribution in [0.3, 0.4) is 0 Å². The standard InChI is InChI=1S/C13H16BrClO3/c14-12-3-5-18-13(8-17-6-4-15)10-2-1-9(16)7-11(10)12/h1-2,7,12-13,16H,3-6,8H2. The van der Waals surface area contributed by atoms with Crippen molar-refractivity contribution >= 4 is 27.5 Å². The number of benzene rings is 1. The van der Waals surface area contributed by atoms with Gasteiger partial charge in [0.25, 0.3) is 0 Å². The summed E-state index contributed by atoms with van der Waals surface area (Å²) >= 11 is 9.22. The highest BCUT2D eigenvalue weighted by molar-refractivity contribution is 9.09. The van der Waals surface area contributed by atoms with Crippen molar-refractivity contribution in [1.82, 2.24) is 0 Å². The van der Waals surface area contributed by atoms with Gasteiger partial charge in [-0.1, -0.05) is 22.0 Å². The van der Waals surface area contributed by atoms with Crippen molar-refractivity contribution in [2.75, 3.05) is 25.7 Å². The van der Waals surface area contributed by atoms with Crippen molar-refractivity contribution in [3.8, 4) is 5.75 Å². The van der Waals surface area contributed by atoms with Gasteiger partial charge < -0.3 is 14.6 Å². The van der Waals surface area contributed by atoms with E-state index in [1.54, 1.807) is 12.1 Å². The summed E-state index contributed by atoms with van der Waals surface area (Å²) in [7, 11) is 0. The second-order valence-corrected chi connectivity index (χ2v) is 5.68. The van der Waals surface area contributed by atoms with Gasteiger partial charge in [-0.15, -0.1) is 11.6 Å². The number of hydrogen-bond acceptors (Lipinski definition) is 3. The Morgan fingerprint density at radius 2 is 2.28 bits per heavy atom. The van der Waals surface area contributed by atoms with Gasteiger partial charge in [0, 0.05) is 17.3 Å². The SMILES string of the molecule is Oc1ccc2c(c1)C(Br)CCOC2COCCCl. The molecule has 2 unspecified atom stereocenters. The number of hydrogen-bond donors (Lipinski definition) is 1. The van der Waals surface area contributed by atoms with Gasteiger partial charge >= 0.3 is 0 Å². The maximum atomic E-state index is 9.59. The molecule has 1 aromatic rings. The van der Waals surface area contributed by atoms with Gasteiger partial charge in [0.1, 0.15) is 11.9 Å². The second-order valence-electron chi connectivity index (χ2n) is 4.19. The van der Waals surface area contributed by atoms with Gasteiger partial charge in [0.05, 0.1) is 13.2 Å². The summed E-state index contributed by atoms with van der Waals surface area (Å²) in [5.74, 6) is 0.761. The van der Waals surface area contributed by atoms with Crippen molar-refractivity contribution < 1.29 is 14.6 Å². The zero-order valence-corrected chi connectivity index (χ0v) is 12.3. The van der Waals surface area contributed by atoms with Crippen LogP contribution >= 0.6 is 27.5 Å². The van der Waals surface area contributed by atoms with E-state index < -0.39 is 0 Å². The number of phenols is 1. The lowest BCUT2D eigenvalue weighted by molar-refractivity contribution is -0.0120. The fourth-order valence-electron chi connectivity index (χ4n) is 2.07. The van der Waals surface area contributed by atoms with E-state index >= 15 is 0 Å². The fraction of sp³-hybridized carbons (Fsp3) is 0.538. The van der Waals surface area contributed by atoms with Gasteiger partial charge in [0.15, 0.2) is 0 Å². The lowest BCUT2D eigenvalue weighted by Gasteiger charge is -2.18. The van der Waals surface area contributed by atoms with Crippen LogP contribution < -0.4 is 0 Å². The van der Waals surface area contributed by atoms with E-state index in [0.717, 1.165) is 17.5 Å². The quantitative estimate of drug-likeness (QED) is 0.675. The molecular weight excluding hydrogens is 319 g/mol. The zero-order chi connectivity index (χ0) is 13.0. The first-order valence-corrected chi connectivity index (χ1v) is 7.39. The molecule has 2 atom stereocenters. The normalized spacial score (nSPS) is 23.4. The summed E-state index contributed by atoms with van der Waals surface area (Å²) in [6, 6.07) is 5.37. The summed E-state index contributed by atoms with van der Waals surface area (Å²) in [6.45, 7) is 1.68. The molecule has 18 heavy (non-hydrogen) atoms. The molecule has 0 aliphatic carbocycles. The largest absolute Gasteiger partial charge is 0.508 e. The van der Waals surface area contributed by atoms with Crippen molar-refractivity contribution in [3.63, 3.8) is 0 Å². The molecule has 0 radical (unpaired) electrons. The van der Waals surface area contributed by atoms with Crippen LogP contribution in [0.5, 0.6) is 5.75 Å². The minimum atomic E-state index is -0.0913. The van der Waals surface area contributed by atoms with Gasteiger partial charge in [-0.25, -0.2) is 0 Å². The highest BCUT2D eigenvalue weighted by Gasteiger charge is 2.24. The molecule has 3 nitrogen and oxygen atoms in total. The molecule has 0 saturated carbocycles. The first-order valence-electron chi connectivity index (χ1n) is 5.94. The van der Waals surface area contributed by atoms with E-state index in [-0.39, 0.29) is 16.7 Å². The smallest absolute Gasteiger partial charge is 0.115 e. The molecule has 1 aliphatic heterocycles. The van der Waals surface area contributed by atoms with E-state index in [1.165, 1.54) is 0 Å². The third-order valence-electron chi connectivity index (χ3n) is 2.94. The monoisotopic (exact) mass is 334 g/mol. The highest BCUT2D eigenvalue weighted by atomic mass is 79.9. The minimum absolute atomic E-state index is 0.0913. The molecule has 1 N–H and O–H groups in total. The van der Waals surface area contributed by atoms with Crippen LogP contribution in [0.25, 0.3) is 0 Å². The fourth-order valence-corrected chi connectivity index (χ4v) is 2.76. The van der Waals surface area contributed by atoms with E-state index in [2.05, 4.69) is 15.9 Å². The first-order chi connectivity index (χ1) is 8.72. The number of fused-ring (bicyclic) bond motifs is 1. The zero-order valence-electron chi connectivity index (χ0n) is 9.94. The van der Waals surface area contributed by atoms with Crippen LogP contribution in [-0.2, 0) is 9.47 Å². The van der Waals surface area contributed by atoms with Crippen LogP contribution in [0.1, 0.15) is 28.5 Å². The van der Waals surface area contributed by atoms with Gasteiger partial charge in [-0.3, -0.25) is 0 Å². The van der Waals surface area contributed by atoms with Crippen molar-refractivity contribution in [3.05, 3.63) is 29.3 Å². The Balaban J connectivity index is 2.20. The van der Waals surface area contributed by atoms with E-state index in [9.17, 15) is 5.11 Å². The lowest BCUT2D eigenvalue weighted by Crippen LogP contribution is -2.13. The molecule has 0 fully saturated rings. The Morgan fingerprint density at radius 3 is 3.06 bits per heavy atom. The number of rotatable bonds is 4. The number of aromatic hydroxyl groups is 1. The molecule has 1 aromatic carbocycles. The lowest BCUT2D eigenvalue weighted by atomic mass is 9.99. The second kappa shape index (κ2) is 6.75. The van der Waals surface area contributed by atoms with Crippen LogP contribution in [0, 0.1) is 0 Å². The van der Waals surface area contributed by atoms with E-state index in [1.807, 2.05) is 6.07 Å². The first kappa shape index (κ1) is 14.1. The highest BCUT2D eigenvalue weighted by Crippen LogP contribution is 2.38. The average molecular weight is 336 g/mol. The summed E-state index contributed by atoms with van der Waals surface area (Å²) in [5, 5.41) is 9.59. The molecule has 2 rings (SSSR count). The molecule has 1 heterocycles. The van der Waals surface area contributed by atoms with Crippen LogP contribution in [-0.4, -0.2) is 30.8 Å². The number of ether oxygens (including phenoxy) is 2. The maximum Gasteiger partial charge on any atom is 0.115 e. The topological polar surface area (TPSA) is 38.7 Å². The third-order valence-corrected chi connectivity index (χ3v) is 4.04. The summed E-state index contributed by atoms with van der Waals surface area (Å²) in [4.78, 5) is 0.206. The summed E-state index contributed by atoms with van der Waals surface area (Å²) < 4.78 is 11.3. The maximum absolute atomic E-state index is 9.59. The Labute approximate surface area is 120 Å². The molecule has 0 spiro atoms. The van der Waals surface area contributed by atoms with Gasteiger partial charge in [0.2, 0.25) is 0 Å². The predicted octanol–water partition coefficient (Wildman–Crippen LogP) is 3.55. The Hall–Kier alpha value is -0.290. The predicted molar refractivity (Wildman–Crippen MR) is 74.6 cm³/mol. The third kappa shape index (κ3) is 3.38. The Kier molecular flexibility index (Phi) is 5.30. The Bertz CT molecular complexity index is 400. The van der Waals surface area contributed by atoms with Crippen molar-refractivity contribution in [1.29, 1.82) is 0 Å². The molecule has 1 aliphatic rings. The van der Waals surface area contributed by atoms with E-state index in [0.29, 0.717) is 25.7 Å². The van der Waals surface area contributed by atoms with Crippen LogP contribution in [0.15, 0.2) is 18.2 Å². The molecule has 100 valence electrons. The number of alkyl halides is 2. The average Bonchev–Trinajstić information content (AvgIpc) is 2.50. The molecule has 5 heteroatoms. The number of phenolic OH excluding ortho intramolecular Hbond substituents is 1. The van der Waals surface area contributed by atoms with Crippen molar-refractivity contribution in [2.24, 2.45) is 0 Å². The number of halogens is 2. The summed E-state index contributed by atoms with van der Waals surface area (Å²) in [6.07, 6.45) is 0.786. The Morgan fingerprint density at radius 1 is 1.44 bits per heavy atom. The summed E-state index contributed by atoms with van der Waals surface area (Å²) in [5.41, 5.74) is 2.15. The van der Waals surface area contributed by atoms with Crippen LogP contribution in [0.2, 0.25) is 0 Å². The molecule has 0 aromatic heterocycles. The van der Waals surface area contributed by atoms with Crippen LogP contribution in [0.4, 0.5) is 0 Å². The van der Waals surface area contributed by atoms with Gasteiger partial charge in [-0.2, -0.15) is 0 Å². The molecule has 0 bridgehead atoms. The van der Waals surface area contributed by atoms with E-state index in [4.69, 9.17) is 21.1 Å². The molecular formula is C13H16BrClO3. The minimum Gasteiger partial charge on any atom is -0.508 e. The molecule has 0 amide bonds.